The second-order valence-electron chi connectivity index (χ2n) is 6.22. The highest BCUT2D eigenvalue weighted by atomic mass is 35.5. The van der Waals surface area contributed by atoms with E-state index in [9.17, 15) is 9.59 Å². The van der Waals surface area contributed by atoms with Crippen molar-refractivity contribution >= 4 is 29.1 Å². The molecular weight excluding hydrogens is 340 g/mol. The lowest BCUT2D eigenvalue weighted by atomic mass is 10.1. The summed E-state index contributed by atoms with van der Waals surface area (Å²) in [5.74, 6) is -0.298. The molecule has 0 radical (unpaired) electrons. The fraction of sp³-hybridized carbons (Fsp3) is 0.389. The molecule has 0 unspecified atom stereocenters. The standard InChI is InChI=1S/C18H23ClN4O2/c1-11-14(12(2)23(5)21-11)7-9-17(24)20-16-10-13(6-8-15(16)19)18(25)22(3)4/h6,8,10H,7,9H2,1-5H3,(H,20,24). The zero-order valence-electron chi connectivity index (χ0n) is 15.2. The summed E-state index contributed by atoms with van der Waals surface area (Å²) < 4.78 is 1.82. The van der Waals surface area contributed by atoms with E-state index in [1.54, 1.807) is 32.3 Å². The maximum Gasteiger partial charge on any atom is 0.253 e. The van der Waals surface area contributed by atoms with Gasteiger partial charge in [0.1, 0.15) is 0 Å². The van der Waals surface area contributed by atoms with Gasteiger partial charge < -0.3 is 10.2 Å². The van der Waals surface area contributed by atoms with Crippen molar-refractivity contribution in [2.24, 2.45) is 7.05 Å². The number of halogens is 1. The van der Waals surface area contributed by atoms with Gasteiger partial charge in [-0.15, -0.1) is 0 Å². The number of aromatic nitrogens is 2. The van der Waals surface area contributed by atoms with E-state index < -0.39 is 0 Å². The molecule has 7 heteroatoms. The Bertz CT molecular complexity index is 812. The topological polar surface area (TPSA) is 67.2 Å². The van der Waals surface area contributed by atoms with Crippen LogP contribution in [0.15, 0.2) is 18.2 Å². The molecule has 0 atom stereocenters. The number of aryl methyl sites for hydroxylation is 2. The molecule has 134 valence electrons. The van der Waals surface area contributed by atoms with Crippen LogP contribution in [0.25, 0.3) is 0 Å². The number of rotatable bonds is 5. The minimum absolute atomic E-state index is 0.145. The number of nitrogens with zero attached hydrogens (tertiary/aromatic N) is 3. The van der Waals surface area contributed by atoms with Crippen LogP contribution < -0.4 is 5.32 Å². The molecule has 0 fully saturated rings. The Hall–Kier alpha value is -2.34. The fourth-order valence-corrected chi connectivity index (χ4v) is 2.81. The second kappa shape index (κ2) is 7.70. The lowest BCUT2D eigenvalue weighted by Crippen LogP contribution is -2.22. The maximum atomic E-state index is 12.3. The highest BCUT2D eigenvalue weighted by Gasteiger charge is 2.14. The van der Waals surface area contributed by atoms with Crippen LogP contribution in [-0.2, 0) is 18.3 Å². The number of benzene rings is 1. The Morgan fingerprint density at radius 2 is 1.96 bits per heavy atom. The first kappa shape index (κ1) is 19.0. The van der Waals surface area contributed by atoms with Crippen molar-refractivity contribution in [1.82, 2.24) is 14.7 Å². The molecule has 25 heavy (non-hydrogen) atoms. The predicted molar refractivity (Wildman–Crippen MR) is 99.1 cm³/mol. The number of hydrogen-bond acceptors (Lipinski definition) is 3. The van der Waals surface area contributed by atoms with Crippen LogP contribution in [0.4, 0.5) is 5.69 Å². The van der Waals surface area contributed by atoms with Crippen LogP contribution in [0, 0.1) is 13.8 Å². The van der Waals surface area contributed by atoms with Crippen LogP contribution in [-0.4, -0.2) is 40.6 Å². The van der Waals surface area contributed by atoms with Crippen LogP contribution in [0.5, 0.6) is 0 Å². The summed E-state index contributed by atoms with van der Waals surface area (Å²) >= 11 is 6.14. The van der Waals surface area contributed by atoms with E-state index in [-0.39, 0.29) is 11.8 Å². The third kappa shape index (κ3) is 4.39. The van der Waals surface area contributed by atoms with Crippen molar-refractivity contribution < 1.29 is 9.59 Å². The van der Waals surface area contributed by atoms with Gasteiger partial charge in [0.25, 0.3) is 5.91 Å². The minimum Gasteiger partial charge on any atom is -0.345 e. The molecule has 0 aliphatic carbocycles. The van der Waals surface area contributed by atoms with E-state index in [2.05, 4.69) is 10.4 Å². The quantitative estimate of drug-likeness (QED) is 0.889. The number of anilines is 1. The first-order valence-corrected chi connectivity index (χ1v) is 8.38. The molecule has 2 rings (SSSR count). The van der Waals surface area contributed by atoms with Gasteiger partial charge in [-0.25, -0.2) is 0 Å². The van der Waals surface area contributed by atoms with Crippen molar-refractivity contribution in [2.45, 2.75) is 26.7 Å². The van der Waals surface area contributed by atoms with Crippen molar-refractivity contribution in [3.8, 4) is 0 Å². The molecule has 0 saturated carbocycles. The molecule has 1 heterocycles. The smallest absolute Gasteiger partial charge is 0.253 e. The number of nitrogens with one attached hydrogen (secondary N) is 1. The largest absolute Gasteiger partial charge is 0.345 e. The summed E-state index contributed by atoms with van der Waals surface area (Å²) in [4.78, 5) is 25.8. The van der Waals surface area contributed by atoms with Crippen molar-refractivity contribution in [3.05, 3.63) is 45.7 Å². The molecule has 0 saturated heterocycles. The molecule has 2 amide bonds. The molecule has 0 bridgehead atoms. The van der Waals surface area contributed by atoms with E-state index >= 15 is 0 Å². The Kier molecular flexibility index (Phi) is 5.85. The summed E-state index contributed by atoms with van der Waals surface area (Å²) in [6.07, 6.45) is 0.917. The predicted octanol–water partition coefficient (Wildman–Crippen LogP) is 2.96. The Morgan fingerprint density at radius 1 is 1.28 bits per heavy atom. The van der Waals surface area contributed by atoms with Crippen molar-refractivity contribution in [3.63, 3.8) is 0 Å². The fourth-order valence-electron chi connectivity index (χ4n) is 2.64. The maximum absolute atomic E-state index is 12.3. The van der Waals surface area contributed by atoms with Crippen molar-refractivity contribution in [2.75, 3.05) is 19.4 Å². The Balaban J connectivity index is 2.07. The number of carbonyl (C=O) groups is 2. The van der Waals surface area contributed by atoms with Crippen molar-refractivity contribution in [1.29, 1.82) is 0 Å². The second-order valence-corrected chi connectivity index (χ2v) is 6.62. The zero-order chi connectivity index (χ0) is 18.7. The average Bonchev–Trinajstić information content (AvgIpc) is 2.79. The molecule has 6 nitrogen and oxygen atoms in total. The molecule has 2 aromatic rings. The lowest BCUT2D eigenvalue weighted by molar-refractivity contribution is -0.116. The van der Waals surface area contributed by atoms with E-state index in [1.807, 2.05) is 25.6 Å². The highest BCUT2D eigenvalue weighted by Crippen LogP contribution is 2.24. The molecule has 0 aliphatic heterocycles. The summed E-state index contributed by atoms with van der Waals surface area (Å²) in [6.45, 7) is 3.92. The van der Waals surface area contributed by atoms with Gasteiger partial charge in [0.2, 0.25) is 5.91 Å². The minimum atomic E-state index is -0.154. The van der Waals surface area contributed by atoms with E-state index in [0.717, 1.165) is 17.0 Å². The monoisotopic (exact) mass is 362 g/mol. The van der Waals surface area contributed by atoms with E-state index in [4.69, 9.17) is 11.6 Å². The third-order valence-corrected chi connectivity index (χ3v) is 4.48. The molecule has 1 aromatic heterocycles. The molecule has 0 spiro atoms. The molecule has 1 N–H and O–H groups in total. The van der Waals surface area contributed by atoms with Crippen LogP contribution >= 0.6 is 11.6 Å². The average molecular weight is 363 g/mol. The summed E-state index contributed by atoms with van der Waals surface area (Å²) in [5, 5.41) is 7.55. The summed E-state index contributed by atoms with van der Waals surface area (Å²) in [5.41, 5.74) is 3.99. The van der Waals surface area contributed by atoms with Gasteiger partial charge in [0.05, 0.1) is 16.4 Å². The van der Waals surface area contributed by atoms with Gasteiger partial charge in [-0.2, -0.15) is 5.10 Å². The van der Waals surface area contributed by atoms with Gasteiger partial charge in [0, 0.05) is 38.8 Å². The first-order valence-electron chi connectivity index (χ1n) is 8.00. The first-order chi connectivity index (χ1) is 11.7. The third-order valence-electron chi connectivity index (χ3n) is 4.15. The highest BCUT2D eigenvalue weighted by molar-refractivity contribution is 6.33. The van der Waals surface area contributed by atoms with Gasteiger partial charge in [-0.3, -0.25) is 14.3 Å². The summed E-state index contributed by atoms with van der Waals surface area (Å²) in [6, 6.07) is 4.86. The van der Waals surface area contributed by atoms with Gasteiger partial charge in [-0.05, 0) is 44.0 Å². The number of amides is 2. The normalized spacial score (nSPS) is 10.6. The van der Waals surface area contributed by atoms with Crippen LogP contribution in [0.2, 0.25) is 5.02 Å². The number of hydrogen-bond donors (Lipinski definition) is 1. The van der Waals surface area contributed by atoms with Gasteiger partial charge in [-0.1, -0.05) is 11.6 Å². The lowest BCUT2D eigenvalue weighted by Gasteiger charge is -2.13. The van der Waals surface area contributed by atoms with Crippen LogP contribution in [0.3, 0.4) is 0 Å². The number of carbonyl (C=O) groups excluding carboxylic acids is 2. The summed E-state index contributed by atoms with van der Waals surface area (Å²) in [7, 11) is 5.24. The Morgan fingerprint density at radius 3 is 2.52 bits per heavy atom. The Labute approximate surface area is 152 Å². The van der Waals surface area contributed by atoms with E-state index in [1.165, 1.54) is 4.90 Å². The zero-order valence-corrected chi connectivity index (χ0v) is 15.9. The van der Waals surface area contributed by atoms with Gasteiger partial charge in [0.15, 0.2) is 0 Å². The van der Waals surface area contributed by atoms with Gasteiger partial charge >= 0.3 is 0 Å². The SMILES string of the molecule is Cc1nn(C)c(C)c1CCC(=O)Nc1cc(C(=O)N(C)C)ccc1Cl. The van der Waals surface area contributed by atoms with Crippen LogP contribution in [0.1, 0.15) is 33.7 Å². The molecular formula is C18H23ClN4O2. The van der Waals surface area contributed by atoms with E-state index in [0.29, 0.717) is 29.1 Å². The molecule has 0 aliphatic rings. The molecule has 1 aromatic carbocycles.